The smallest absolute Gasteiger partial charge is 0.191 e. The molecule has 0 amide bonds. The second-order valence-electron chi connectivity index (χ2n) is 7.58. The van der Waals surface area contributed by atoms with Gasteiger partial charge in [0.05, 0.1) is 18.9 Å². The van der Waals surface area contributed by atoms with Gasteiger partial charge in [0.25, 0.3) is 0 Å². The minimum absolute atomic E-state index is 0.262. The molecule has 2 N–H and O–H groups in total. The van der Waals surface area contributed by atoms with Gasteiger partial charge >= 0.3 is 0 Å². The Morgan fingerprint density at radius 2 is 1.93 bits per heavy atom. The molecule has 2 rings (SSSR count). The number of nitrogens with zero attached hydrogens (tertiary/aromatic N) is 3. The van der Waals surface area contributed by atoms with Crippen molar-refractivity contribution in [2.24, 2.45) is 18.0 Å². The molecule has 0 aliphatic carbocycles. The Morgan fingerprint density at radius 1 is 1.21 bits per heavy atom. The molecule has 0 aliphatic rings. The van der Waals surface area contributed by atoms with E-state index < -0.39 is 0 Å². The van der Waals surface area contributed by atoms with Crippen molar-refractivity contribution in [3.63, 3.8) is 0 Å². The third-order valence-electron chi connectivity index (χ3n) is 4.91. The maximum Gasteiger partial charge on any atom is 0.191 e. The molecule has 6 heteroatoms. The van der Waals surface area contributed by atoms with Gasteiger partial charge in [0.15, 0.2) is 5.96 Å². The van der Waals surface area contributed by atoms with Crippen LogP contribution in [0.25, 0.3) is 0 Å². The number of hydrogen-bond donors (Lipinski definition) is 2. The van der Waals surface area contributed by atoms with E-state index in [0.29, 0.717) is 19.1 Å². The Hall–Kier alpha value is -2.34. The summed E-state index contributed by atoms with van der Waals surface area (Å²) in [6, 6.07) is 10.5. The van der Waals surface area contributed by atoms with E-state index in [1.54, 1.807) is 7.05 Å². The standard InChI is InChI=1S/C22H35N5O/c1-16(14-28-15-20-10-8-7-9-11-20)13-24-22(23-5)25-17(2)12-21-18(3)26-27(6)19(21)4/h7-11,16-17H,12-15H2,1-6H3,(H2,23,24,25). The first kappa shape index (κ1) is 22.0. The lowest BCUT2D eigenvalue weighted by molar-refractivity contribution is 0.0931. The van der Waals surface area contributed by atoms with Gasteiger partial charge in [-0.15, -0.1) is 0 Å². The molecule has 0 aliphatic heterocycles. The van der Waals surface area contributed by atoms with Crippen LogP contribution in [-0.4, -0.2) is 42.0 Å². The molecule has 1 aromatic carbocycles. The molecule has 2 atom stereocenters. The largest absolute Gasteiger partial charge is 0.376 e. The van der Waals surface area contributed by atoms with Gasteiger partial charge in [0, 0.05) is 32.4 Å². The fraction of sp³-hybridized carbons (Fsp3) is 0.545. The fourth-order valence-corrected chi connectivity index (χ4v) is 3.18. The quantitative estimate of drug-likeness (QED) is 0.515. The second-order valence-corrected chi connectivity index (χ2v) is 7.58. The zero-order valence-corrected chi connectivity index (χ0v) is 18.1. The number of aromatic nitrogens is 2. The minimum atomic E-state index is 0.262. The first-order valence-electron chi connectivity index (χ1n) is 9.98. The highest BCUT2D eigenvalue weighted by atomic mass is 16.5. The van der Waals surface area contributed by atoms with Crippen molar-refractivity contribution < 1.29 is 4.74 Å². The van der Waals surface area contributed by atoms with Crippen LogP contribution in [-0.2, 0) is 24.8 Å². The minimum Gasteiger partial charge on any atom is -0.376 e. The van der Waals surface area contributed by atoms with Gasteiger partial charge in [0.2, 0.25) is 0 Å². The lowest BCUT2D eigenvalue weighted by Gasteiger charge is -2.20. The normalized spacial score (nSPS) is 14.0. The molecule has 2 aromatic rings. The zero-order chi connectivity index (χ0) is 20.5. The number of ether oxygens (including phenoxy) is 1. The van der Waals surface area contributed by atoms with Crippen molar-refractivity contribution in [1.29, 1.82) is 0 Å². The first-order chi connectivity index (χ1) is 13.4. The third kappa shape index (κ3) is 6.68. The Kier molecular flexibility index (Phi) is 8.51. The van der Waals surface area contributed by atoms with Crippen LogP contribution in [0.5, 0.6) is 0 Å². The van der Waals surface area contributed by atoms with Crippen molar-refractivity contribution in [2.45, 2.75) is 46.8 Å². The number of nitrogens with one attached hydrogen (secondary N) is 2. The summed E-state index contributed by atoms with van der Waals surface area (Å²) < 4.78 is 7.77. The number of aliphatic imine (C=N–C) groups is 1. The van der Waals surface area contributed by atoms with Crippen molar-refractivity contribution in [1.82, 2.24) is 20.4 Å². The van der Waals surface area contributed by atoms with Gasteiger partial charge in [-0.1, -0.05) is 37.3 Å². The van der Waals surface area contributed by atoms with E-state index in [2.05, 4.69) is 60.6 Å². The summed E-state index contributed by atoms with van der Waals surface area (Å²) in [5, 5.41) is 11.4. The molecule has 0 bridgehead atoms. The molecule has 1 aromatic heterocycles. The Bertz CT molecular complexity index is 754. The molecule has 1 heterocycles. The molecule has 0 saturated carbocycles. The Labute approximate surface area is 169 Å². The zero-order valence-electron chi connectivity index (χ0n) is 18.1. The number of benzene rings is 1. The highest BCUT2D eigenvalue weighted by molar-refractivity contribution is 5.79. The van der Waals surface area contributed by atoms with Crippen LogP contribution in [0.4, 0.5) is 0 Å². The van der Waals surface area contributed by atoms with Gasteiger partial charge in [-0.2, -0.15) is 5.10 Å². The average Bonchev–Trinajstić information content (AvgIpc) is 2.92. The first-order valence-corrected chi connectivity index (χ1v) is 9.98. The van der Waals surface area contributed by atoms with Crippen LogP contribution in [0.1, 0.15) is 36.4 Å². The molecule has 154 valence electrons. The van der Waals surface area contributed by atoms with Crippen molar-refractivity contribution >= 4 is 5.96 Å². The van der Waals surface area contributed by atoms with Crippen molar-refractivity contribution in [2.75, 3.05) is 20.2 Å². The van der Waals surface area contributed by atoms with Gasteiger partial charge in [-0.25, -0.2) is 0 Å². The summed E-state index contributed by atoms with van der Waals surface area (Å²) in [4.78, 5) is 4.35. The number of aryl methyl sites for hydroxylation is 2. The van der Waals surface area contributed by atoms with E-state index in [9.17, 15) is 0 Å². The van der Waals surface area contributed by atoms with Gasteiger partial charge < -0.3 is 15.4 Å². The molecule has 0 saturated heterocycles. The summed E-state index contributed by atoms with van der Waals surface area (Å²) in [7, 11) is 3.80. The van der Waals surface area contributed by atoms with E-state index in [0.717, 1.165) is 24.6 Å². The molecule has 6 nitrogen and oxygen atoms in total. The van der Waals surface area contributed by atoms with Gasteiger partial charge in [-0.3, -0.25) is 9.67 Å². The van der Waals surface area contributed by atoms with E-state index in [-0.39, 0.29) is 6.04 Å². The SMILES string of the molecule is CN=C(NCC(C)COCc1ccccc1)NC(C)Cc1c(C)nn(C)c1C. The highest BCUT2D eigenvalue weighted by Crippen LogP contribution is 2.14. The number of hydrogen-bond acceptors (Lipinski definition) is 3. The Balaban J connectivity index is 1.72. The molecule has 2 unspecified atom stereocenters. The summed E-state index contributed by atoms with van der Waals surface area (Å²) in [5.74, 6) is 1.21. The fourth-order valence-electron chi connectivity index (χ4n) is 3.18. The second kappa shape index (κ2) is 10.9. The lowest BCUT2D eigenvalue weighted by Crippen LogP contribution is -2.44. The number of rotatable bonds is 9. The van der Waals surface area contributed by atoms with Crippen LogP contribution in [0.2, 0.25) is 0 Å². The predicted molar refractivity (Wildman–Crippen MR) is 116 cm³/mol. The summed E-state index contributed by atoms with van der Waals surface area (Å²) in [6.45, 7) is 10.7. The van der Waals surface area contributed by atoms with E-state index in [1.165, 1.54) is 16.8 Å². The van der Waals surface area contributed by atoms with E-state index >= 15 is 0 Å². The van der Waals surface area contributed by atoms with Crippen LogP contribution in [0.15, 0.2) is 35.3 Å². The molecule has 28 heavy (non-hydrogen) atoms. The lowest BCUT2D eigenvalue weighted by atomic mass is 10.1. The summed E-state index contributed by atoms with van der Waals surface area (Å²) >= 11 is 0. The molecule has 0 spiro atoms. The van der Waals surface area contributed by atoms with Crippen LogP contribution in [0.3, 0.4) is 0 Å². The van der Waals surface area contributed by atoms with Gasteiger partial charge in [0.1, 0.15) is 0 Å². The van der Waals surface area contributed by atoms with E-state index in [4.69, 9.17) is 4.74 Å². The van der Waals surface area contributed by atoms with Crippen molar-refractivity contribution in [3.05, 3.63) is 52.8 Å². The monoisotopic (exact) mass is 385 g/mol. The third-order valence-corrected chi connectivity index (χ3v) is 4.91. The van der Waals surface area contributed by atoms with Crippen LogP contribution >= 0.6 is 0 Å². The topological polar surface area (TPSA) is 63.5 Å². The average molecular weight is 386 g/mol. The van der Waals surface area contributed by atoms with Crippen LogP contribution in [0, 0.1) is 19.8 Å². The molecular formula is C22H35N5O. The predicted octanol–water partition coefficient (Wildman–Crippen LogP) is 2.99. The van der Waals surface area contributed by atoms with Gasteiger partial charge in [-0.05, 0) is 44.2 Å². The molecule has 0 radical (unpaired) electrons. The Morgan fingerprint density at radius 3 is 2.54 bits per heavy atom. The van der Waals surface area contributed by atoms with Crippen LogP contribution < -0.4 is 10.6 Å². The molecular weight excluding hydrogens is 350 g/mol. The molecule has 0 fully saturated rings. The van der Waals surface area contributed by atoms with E-state index in [1.807, 2.05) is 29.9 Å². The summed E-state index contributed by atoms with van der Waals surface area (Å²) in [5.41, 5.74) is 4.83. The summed E-state index contributed by atoms with van der Waals surface area (Å²) in [6.07, 6.45) is 0.919. The maximum atomic E-state index is 5.83. The number of guanidine groups is 1. The highest BCUT2D eigenvalue weighted by Gasteiger charge is 2.14. The maximum absolute atomic E-state index is 5.83. The van der Waals surface area contributed by atoms with Crippen molar-refractivity contribution in [3.8, 4) is 0 Å².